The largest absolute Gasteiger partial charge is 0.342 e. The molecule has 2 aromatic heterocycles. The molecular formula is C22H17N5O3S2. The fraction of sp³-hybridized carbons (Fsp3) is 0.0909. The number of carbonyl (C=O) groups is 1. The standard InChI is InChI=1S/C22H17N5O3S2/c1-32(29,30)22-25-21(31-26-22)24-20(28)16(12-23)11-17-14-27(13-15-7-3-2-4-8-15)19-10-6-5-9-18(17)19/h2-11,14H,13H2,1H3,(H,24,25,26,28)/b16-11-. The molecular weight excluding hydrogens is 446 g/mol. The summed E-state index contributed by atoms with van der Waals surface area (Å²) in [6.45, 7) is 0.641. The highest BCUT2D eigenvalue weighted by Gasteiger charge is 2.18. The van der Waals surface area contributed by atoms with Crippen molar-refractivity contribution in [2.75, 3.05) is 11.6 Å². The smallest absolute Gasteiger partial charge is 0.268 e. The summed E-state index contributed by atoms with van der Waals surface area (Å²) in [4.78, 5) is 16.4. The highest BCUT2D eigenvalue weighted by atomic mass is 32.2. The van der Waals surface area contributed by atoms with E-state index in [0.717, 1.165) is 39.8 Å². The Morgan fingerprint density at radius 2 is 1.91 bits per heavy atom. The zero-order chi connectivity index (χ0) is 22.7. The normalized spacial score (nSPS) is 11.9. The number of sulfone groups is 1. The molecule has 0 saturated heterocycles. The fourth-order valence-corrected chi connectivity index (χ4v) is 4.62. The van der Waals surface area contributed by atoms with Crippen molar-refractivity contribution in [2.45, 2.75) is 11.7 Å². The van der Waals surface area contributed by atoms with Crippen LogP contribution in [0.15, 0.2) is 71.5 Å². The van der Waals surface area contributed by atoms with Crippen molar-refractivity contribution < 1.29 is 13.2 Å². The summed E-state index contributed by atoms with van der Waals surface area (Å²) in [6.07, 6.45) is 4.39. The zero-order valence-corrected chi connectivity index (χ0v) is 18.5. The first-order valence-electron chi connectivity index (χ1n) is 9.44. The minimum atomic E-state index is -3.59. The molecule has 0 atom stereocenters. The lowest BCUT2D eigenvalue weighted by atomic mass is 10.1. The summed E-state index contributed by atoms with van der Waals surface area (Å²) in [7, 11) is -3.59. The monoisotopic (exact) mass is 463 g/mol. The van der Waals surface area contributed by atoms with E-state index in [1.165, 1.54) is 6.08 Å². The Bertz CT molecular complexity index is 1480. The van der Waals surface area contributed by atoms with E-state index in [4.69, 9.17) is 0 Å². The topological polar surface area (TPSA) is 118 Å². The number of carbonyl (C=O) groups excluding carboxylic acids is 1. The molecule has 4 aromatic rings. The Morgan fingerprint density at radius 3 is 2.59 bits per heavy atom. The van der Waals surface area contributed by atoms with Crippen LogP contribution >= 0.6 is 11.5 Å². The molecule has 10 heteroatoms. The van der Waals surface area contributed by atoms with Gasteiger partial charge in [-0.25, -0.2) is 8.42 Å². The Kier molecular flexibility index (Phi) is 5.85. The van der Waals surface area contributed by atoms with E-state index in [1.54, 1.807) is 0 Å². The first-order valence-corrected chi connectivity index (χ1v) is 12.1. The van der Waals surface area contributed by atoms with E-state index in [2.05, 4.69) is 19.2 Å². The number of amides is 1. The number of nitrogens with one attached hydrogen (secondary N) is 1. The maximum atomic E-state index is 12.6. The molecule has 0 aliphatic rings. The first kappa shape index (κ1) is 21.4. The molecule has 2 heterocycles. The number of hydrogen-bond acceptors (Lipinski definition) is 7. The van der Waals surface area contributed by atoms with Gasteiger partial charge in [-0.15, -0.1) is 0 Å². The van der Waals surface area contributed by atoms with E-state index < -0.39 is 15.7 Å². The summed E-state index contributed by atoms with van der Waals surface area (Å²) >= 11 is 0.734. The third kappa shape index (κ3) is 4.59. The average Bonchev–Trinajstić information content (AvgIpc) is 3.38. The van der Waals surface area contributed by atoms with Crippen LogP contribution in [0.3, 0.4) is 0 Å². The van der Waals surface area contributed by atoms with Gasteiger partial charge in [-0.3, -0.25) is 10.1 Å². The van der Waals surface area contributed by atoms with Crippen molar-refractivity contribution in [2.24, 2.45) is 0 Å². The van der Waals surface area contributed by atoms with Crippen LogP contribution in [0.1, 0.15) is 11.1 Å². The quantitative estimate of drug-likeness (QED) is 0.345. The second-order valence-corrected chi connectivity index (χ2v) is 9.65. The van der Waals surface area contributed by atoms with Gasteiger partial charge in [-0.2, -0.15) is 14.6 Å². The van der Waals surface area contributed by atoms with Gasteiger partial charge in [-0.05, 0) is 17.7 Å². The molecule has 0 unspecified atom stereocenters. The molecule has 0 saturated carbocycles. The van der Waals surface area contributed by atoms with Crippen LogP contribution in [0.2, 0.25) is 0 Å². The summed E-state index contributed by atoms with van der Waals surface area (Å²) in [5, 5.41) is 12.5. The third-order valence-corrected chi connectivity index (χ3v) is 6.23. The molecule has 160 valence electrons. The molecule has 4 rings (SSSR count). The second-order valence-electron chi connectivity index (χ2n) is 6.99. The van der Waals surface area contributed by atoms with Crippen molar-refractivity contribution in [1.82, 2.24) is 13.9 Å². The minimum absolute atomic E-state index is 0.00285. The number of rotatable bonds is 6. The Morgan fingerprint density at radius 1 is 1.19 bits per heavy atom. The average molecular weight is 464 g/mol. The van der Waals surface area contributed by atoms with Gasteiger partial charge in [0.1, 0.15) is 11.6 Å². The number of nitriles is 1. The van der Waals surface area contributed by atoms with Gasteiger partial charge in [0.25, 0.3) is 11.1 Å². The van der Waals surface area contributed by atoms with E-state index >= 15 is 0 Å². The van der Waals surface area contributed by atoms with E-state index in [-0.39, 0.29) is 15.9 Å². The van der Waals surface area contributed by atoms with Crippen LogP contribution in [0.25, 0.3) is 17.0 Å². The molecule has 0 aliphatic carbocycles. The molecule has 0 spiro atoms. The van der Waals surface area contributed by atoms with Gasteiger partial charge in [0, 0.05) is 47.0 Å². The Labute approximate surface area is 188 Å². The lowest BCUT2D eigenvalue weighted by molar-refractivity contribution is -0.112. The van der Waals surface area contributed by atoms with Gasteiger partial charge in [0.05, 0.1) is 0 Å². The summed E-state index contributed by atoms with van der Waals surface area (Å²) in [6, 6.07) is 19.6. The van der Waals surface area contributed by atoms with Crippen molar-refractivity contribution in [1.29, 1.82) is 5.26 Å². The van der Waals surface area contributed by atoms with E-state index in [0.29, 0.717) is 6.54 Å². The van der Waals surface area contributed by atoms with Crippen LogP contribution in [0.5, 0.6) is 0 Å². The summed E-state index contributed by atoms with van der Waals surface area (Å²) in [5.74, 6) is -0.691. The molecule has 8 nitrogen and oxygen atoms in total. The molecule has 0 aliphatic heterocycles. The SMILES string of the molecule is CS(=O)(=O)c1nsc(NC(=O)/C(C#N)=C\c2cn(Cc3ccccc3)c3ccccc23)n1. The van der Waals surface area contributed by atoms with E-state index in [9.17, 15) is 18.5 Å². The summed E-state index contributed by atoms with van der Waals surface area (Å²) in [5.41, 5.74) is 2.68. The minimum Gasteiger partial charge on any atom is -0.342 e. The molecule has 2 aromatic carbocycles. The number of anilines is 1. The zero-order valence-electron chi connectivity index (χ0n) is 16.9. The molecule has 0 fully saturated rings. The number of fused-ring (bicyclic) bond motifs is 1. The highest BCUT2D eigenvalue weighted by molar-refractivity contribution is 7.90. The Hall–Kier alpha value is -3.81. The predicted molar refractivity (Wildman–Crippen MR) is 123 cm³/mol. The molecule has 32 heavy (non-hydrogen) atoms. The van der Waals surface area contributed by atoms with Gasteiger partial charge in [0.15, 0.2) is 0 Å². The van der Waals surface area contributed by atoms with Gasteiger partial charge >= 0.3 is 0 Å². The lowest BCUT2D eigenvalue weighted by Gasteiger charge is -2.05. The number of nitrogens with zero attached hydrogens (tertiary/aromatic N) is 4. The maximum absolute atomic E-state index is 12.6. The molecule has 0 radical (unpaired) electrons. The Balaban J connectivity index is 1.65. The van der Waals surface area contributed by atoms with Crippen LogP contribution in [-0.4, -0.2) is 34.5 Å². The number of para-hydroxylation sites is 1. The predicted octanol–water partition coefficient (Wildman–Crippen LogP) is 3.49. The molecule has 1 amide bonds. The van der Waals surface area contributed by atoms with Gasteiger partial charge in [0.2, 0.25) is 15.0 Å². The van der Waals surface area contributed by atoms with E-state index in [1.807, 2.05) is 66.9 Å². The number of benzene rings is 2. The molecule has 0 bridgehead atoms. The number of aromatic nitrogens is 3. The fourth-order valence-electron chi connectivity index (χ4n) is 3.18. The lowest BCUT2D eigenvalue weighted by Crippen LogP contribution is -2.13. The highest BCUT2D eigenvalue weighted by Crippen LogP contribution is 2.25. The number of hydrogen-bond donors (Lipinski definition) is 1. The van der Waals surface area contributed by atoms with Crippen LogP contribution in [0.4, 0.5) is 5.13 Å². The van der Waals surface area contributed by atoms with Crippen molar-refractivity contribution in [3.05, 3.63) is 77.5 Å². The maximum Gasteiger partial charge on any atom is 0.268 e. The molecule has 1 N–H and O–H groups in total. The van der Waals surface area contributed by atoms with Crippen LogP contribution in [0, 0.1) is 11.3 Å². The van der Waals surface area contributed by atoms with Crippen molar-refractivity contribution in [3.8, 4) is 6.07 Å². The van der Waals surface area contributed by atoms with Gasteiger partial charge in [-0.1, -0.05) is 48.5 Å². The third-order valence-electron chi connectivity index (χ3n) is 4.64. The van der Waals surface area contributed by atoms with Crippen molar-refractivity contribution in [3.63, 3.8) is 0 Å². The second kappa shape index (κ2) is 8.74. The van der Waals surface area contributed by atoms with Crippen LogP contribution < -0.4 is 5.32 Å². The van der Waals surface area contributed by atoms with Crippen LogP contribution in [-0.2, 0) is 21.2 Å². The van der Waals surface area contributed by atoms with Crippen molar-refractivity contribution >= 4 is 49.4 Å². The summed E-state index contributed by atoms with van der Waals surface area (Å²) < 4.78 is 28.8. The first-order chi connectivity index (χ1) is 15.3. The van der Waals surface area contributed by atoms with Gasteiger partial charge < -0.3 is 4.57 Å².